The Balaban J connectivity index is 1.41. The molecule has 2 aliphatic rings. The minimum atomic E-state index is -3.58. The fourth-order valence-electron chi connectivity index (χ4n) is 3.52. The van der Waals surface area contributed by atoms with Crippen molar-refractivity contribution in [2.75, 3.05) is 25.4 Å². The number of amides is 1. The van der Waals surface area contributed by atoms with E-state index in [4.69, 9.17) is 4.74 Å². The summed E-state index contributed by atoms with van der Waals surface area (Å²) in [4.78, 5) is 13.6. The largest absolute Gasteiger partial charge is 0.369 e. The van der Waals surface area contributed by atoms with Crippen LogP contribution in [0.5, 0.6) is 0 Å². The number of rotatable bonds is 3. The fourth-order valence-corrected chi connectivity index (χ4v) is 5.41. The summed E-state index contributed by atoms with van der Waals surface area (Å²) in [6.45, 7) is -0.168. The lowest BCUT2D eigenvalue weighted by Gasteiger charge is -2.52. The van der Waals surface area contributed by atoms with Crippen LogP contribution in [0.1, 0.15) is 10.4 Å². The summed E-state index contributed by atoms with van der Waals surface area (Å²) in [5.41, 5.74) is -1.33. The summed E-state index contributed by atoms with van der Waals surface area (Å²) in [6.07, 6.45) is 2.09. The van der Waals surface area contributed by atoms with Crippen molar-refractivity contribution in [1.82, 2.24) is 14.7 Å². The number of sulfone groups is 1. The van der Waals surface area contributed by atoms with Crippen LogP contribution in [0.2, 0.25) is 0 Å². The summed E-state index contributed by atoms with van der Waals surface area (Å²) < 4.78 is 72.0. The van der Waals surface area contributed by atoms with E-state index in [1.165, 1.54) is 9.58 Å². The van der Waals surface area contributed by atoms with E-state index in [0.717, 1.165) is 24.5 Å². The number of hydrogen-bond donors (Lipinski definition) is 0. The van der Waals surface area contributed by atoms with Gasteiger partial charge in [0.05, 0.1) is 50.0 Å². The third kappa shape index (κ3) is 3.39. The van der Waals surface area contributed by atoms with Crippen LogP contribution in [-0.2, 0) is 21.1 Å². The molecule has 150 valence electrons. The highest BCUT2D eigenvalue weighted by Crippen LogP contribution is 2.34. The van der Waals surface area contributed by atoms with Crippen molar-refractivity contribution in [2.24, 2.45) is 0 Å². The average Bonchev–Trinajstić information content (AvgIpc) is 2.99. The van der Waals surface area contributed by atoms with E-state index in [1.807, 2.05) is 0 Å². The van der Waals surface area contributed by atoms with Gasteiger partial charge in [-0.05, 0) is 12.1 Å². The Bertz CT molecular complexity index is 1030. The molecule has 0 unspecified atom stereocenters. The van der Waals surface area contributed by atoms with Gasteiger partial charge in [-0.25, -0.2) is 21.6 Å². The molecule has 0 saturated carbocycles. The summed E-state index contributed by atoms with van der Waals surface area (Å²) in [5.74, 6) is -3.29. The van der Waals surface area contributed by atoms with E-state index in [2.05, 4.69) is 5.10 Å². The molecule has 2 aliphatic heterocycles. The van der Waals surface area contributed by atoms with Crippen LogP contribution >= 0.6 is 0 Å². The molecule has 0 radical (unpaired) electrons. The maximum atomic E-state index is 13.8. The van der Waals surface area contributed by atoms with E-state index in [1.54, 1.807) is 0 Å². The second-order valence-corrected chi connectivity index (χ2v) is 9.37. The first-order chi connectivity index (χ1) is 13.2. The number of nitrogens with zero attached hydrogens (tertiary/aromatic N) is 3. The minimum absolute atomic E-state index is 0.00893. The smallest absolute Gasteiger partial charge is 0.257 e. The highest BCUT2D eigenvalue weighted by molar-refractivity contribution is 7.92. The van der Waals surface area contributed by atoms with E-state index in [-0.39, 0.29) is 37.6 Å². The van der Waals surface area contributed by atoms with Crippen LogP contribution < -0.4 is 0 Å². The zero-order valence-electron chi connectivity index (χ0n) is 14.5. The lowest BCUT2D eigenvalue weighted by Crippen LogP contribution is -2.70. The van der Waals surface area contributed by atoms with Crippen molar-refractivity contribution in [3.8, 4) is 0 Å². The van der Waals surface area contributed by atoms with Gasteiger partial charge in [-0.3, -0.25) is 9.48 Å². The quantitative estimate of drug-likeness (QED) is 0.748. The Morgan fingerprint density at radius 1 is 1.25 bits per heavy atom. The molecule has 1 amide bonds. The van der Waals surface area contributed by atoms with Gasteiger partial charge in [0, 0.05) is 6.07 Å². The van der Waals surface area contributed by atoms with Gasteiger partial charge in [0.1, 0.15) is 22.5 Å². The van der Waals surface area contributed by atoms with Crippen LogP contribution in [0.25, 0.3) is 0 Å². The van der Waals surface area contributed by atoms with Crippen LogP contribution in [0.3, 0.4) is 0 Å². The number of carbonyl (C=O) groups is 1. The summed E-state index contributed by atoms with van der Waals surface area (Å²) >= 11 is 0. The van der Waals surface area contributed by atoms with Crippen LogP contribution in [-0.4, -0.2) is 65.3 Å². The molecule has 1 spiro atoms. The molecular weight excluding hydrogens is 399 g/mol. The van der Waals surface area contributed by atoms with Crippen LogP contribution in [0.4, 0.5) is 13.2 Å². The van der Waals surface area contributed by atoms with Gasteiger partial charge in [-0.2, -0.15) is 5.10 Å². The Labute approximate surface area is 158 Å². The molecule has 1 aromatic heterocycles. The first-order valence-corrected chi connectivity index (χ1v) is 10.2. The van der Waals surface area contributed by atoms with E-state index < -0.39 is 44.0 Å². The lowest BCUT2D eigenvalue weighted by molar-refractivity contribution is -0.121. The van der Waals surface area contributed by atoms with Crippen molar-refractivity contribution >= 4 is 15.7 Å². The maximum Gasteiger partial charge on any atom is 0.257 e. The van der Waals surface area contributed by atoms with Crippen molar-refractivity contribution in [1.29, 1.82) is 0 Å². The summed E-state index contributed by atoms with van der Waals surface area (Å²) in [5, 5.41) is 2.86. The molecular formula is C17H16F3N3O4S. The molecule has 0 N–H and O–H groups in total. The molecule has 2 aromatic rings. The third-order valence-corrected chi connectivity index (χ3v) is 7.18. The highest BCUT2D eigenvalue weighted by Gasteiger charge is 2.54. The predicted molar refractivity (Wildman–Crippen MR) is 90.7 cm³/mol. The fraction of sp³-hybridized carbons (Fsp3) is 0.412. The second kappa shape index (κ2) is 6.59. The van der Waals surface area contributed by atoms with Gasteiger partial charge < -0.3 is 9.64 Å². The second-order valence-electron chi connectivity index (χ2n) is 7.09. The number of aromatic nitrogens is 2. The average molecular weight is 415 g/mol. The molecule has 2 saturated heterocycles. The summed E-state index contributed by atoms with van der Waals surface area (Å²) in [7, 11) is -3.58. The Kier molecular flexibility index (Phi) is 4.46. The zero-order valence-corrected chi connectivity index (χ0v) is 15.3. The van der Waals surface area contributed by atoms with Gasteiger partial charge in [0.25, 0.3) is 5.91 Å². The molecule has 1 atom stereocenters. The number of likely N-dealkylation sites (tertiary alicyclic amines) is 1. The van der Waals surface area contributed by atoms with E-state index in [9.17, 15) is 26.4 Å². The van der Waals surface area contributed by atoms with Gasteiger partial charge in [-0.1, -0.05) is 0 Å². The van der Waals surface area contributed by atoms with Gasteiger partial charge in [0.15, 0.2) is 15.7 Å². The molecule has 2 fully saturated rings. The Morgan fingerprint density at radius 3 is 2.61 bits per heavy atom. The molecule has 28 heavy (non-hydrogen) atoms. The molecule has 0 bridgehead atoms. The van der Waals surface area contributed by atoms with Crippen molar-refractivity contribution in [2.45, 2.75) is 17.4 Å². The predicted octanol–water partition coefficient (Wildman–Crippen LogP) is 1.01. The van der Waals surface area contributed by atoms with Crippen molar-refractivity contribution < 1.29 is 31.1 Å². The molecule has 11 heteroatoms. The lowest BCUT2D eigenvalue weighted by atomic mass is 9.94. The number of carbonyl (C=O) groups excluding carboxylic acids is 1. The van der Waals surface area contributed by atoms with E-state index in [0.29, 0.717) is 6.07 Å². The Morgan fingerprint density at radius 2 is 2.00 bits per heavy atom. The maximum absolute atomic E-state index is 13.8. The topological polar surface area (TPSA) is 81.5 Å². The van der Waals surface area contributed by atoms with Crippen LogP contribution in [0.15, 0.2) is 30.6 Å². The number of halogens is 3. The monoisotopic (exact) mass is 415 g/mol. The normalized spacial score (nSPS) is 22.8. The molecule has 7 nitrogen and oxygen atoms in total. The highest BCUT2D eigenvalue weighted by atomic mass is 32.2. The summed E-state index contributed by atoms with van der Waals surface area (Å²) in [6, 6.07) is 2.65. The molecule has 0 aliphatic carbocycles. The van der Waals surface area contributed by atoms with Gasteiger partial charge in [-0.15, -0.1) is 0 Å². The number of benzene rings is 1. The van der Waals surface area contributed by atoms with E-state index >= 15 is 0 Å². The Hall–Kier alpha value is -2.40. The molecule has 3 heterocycles. The zero-order chi connectivity index (χ0) is 20.1. The third-order valence-electron chi connectivity index (χ3n) is 4.95. The standard InChI is InChI=1S/C17H16F3N3O4S/c18-11-1-2-14(15(20)3-11)16(24)22-8-17(9-22)10-28(25,26)13(7-27-17)6-23-5-12(19)4-21-23/h1-5,13H,6-10H2/t13-/m0/s1. The van der Waals surface area contributed by atoms with Crippen LogP contribution in [0, 0.1) is 17.5 Å². The first kappa shape index (κ1) is 18.9. The number of ether oxygens (including phenoxy) is 1. The SMILES string of the molecule is O=C(c1ccc(F)cc1F)N1CC2(C1)CS(=O)(=O)[C@@H](Cn1cc(F)cn1)CO2. The van der Waals surface area contributed by atoms with Gasteiger partial charge in [0.2, 0.25) is 0 Å². The minimum Gasteiger partial charge on any atom is -0.369 e. The first-order valence-electron chi connectivity index (χ1n) is 8.45. The number of hydrogen-bond acceptors (Lipinski definition) is 5. The molecule has 4 rings (SSSR count). The van der Waals surface area contributed by atoms with Crippen molar-refractivity contribution in [3.05, 3.63) is 53.6 Å². The van der Waals surface area contributed by atoms with Crippen molar-refractivity contribution in [3.63, 3.8) is 0 Å². The van der Waals surface area contributed by atoms with Gasteiger partial charge >= 0.3 is 0 Å². The molecule has 1 aromatic carbocycles.